The molecule has 0 bridgehead atoms. The average Bonchev–Trinajstić information content (AvgIpc) is 3.32. The maximum absolute atomic E-state index is 12.3. The zero-order valence-electron chi connectivity index (χ0n) is 17.9. The molecule has 2 heterocycles. The van der Waals surface area contributed by atoms with Crippen LogP contribution in [0.15, 0.2) is 68.9 Å². The van der Waals surface area contributed by atoms with Gasteiger partial charge in [-0.05, 0) is 24.1 Å². The number of hydrazone groups is 1. The molecule has 2 aromatic heterocycles. The van der Waals surface area contributed by atoms with Crippen LogP contribution in [0.5, 0.6) is 0 Å². The molecule has 4 rings (SSSR count). The highest BCUT2D eigenvalue weighted by Gasteiger charge is 2.13. The Morgan fingerprint density at radius 3 is 2.64 bits per heavy atom. The van der Waals surface area contributed by atoms with Gasteiger partial charge >= 0.3 is 0 Å². The third-order valence-electron chi connectivity index (χ3n) is 4.83. The third-order valence-corrected chi connectivity index (χ3v) is 4.83. The van der Waals surface area contributed by atoms with E-state index >= 15 is 0 Å². The normalized spacial score (nSPS) is 10.9. The van der Waals surface area contributed by atoms with Crippen LogP contribution in [0.3, 0.4) is 0 Å². The molecule has 0 aliphatic carbocycles. The summed E-state index contributed by atoms with van der Waals surface area (Å²) in [5.41, 5.74) is 4.73. The summed E-state index contributed by atoms with van der Waals surface area (Å²) in [6, 6.07) is 18.4. The molecular formula is C24H21N7O2. The first-order valence-electron chi connectivity index (χ1n) is 10.5. The highest BCUT2D eigenvalue weighted by atomic mass is 16.4. The fraction of sp³-hybridized carbons (Fsp3) is 0.167. The minimum Gasteiger partial charge on any atom is -0.421 e. The molecule has 2 N–H and O–H groups in total. The zero-order valence-corrected chi connectivity index (χ0v) is 17.9. The van der Waals surface area contributed by atoms with E-state index in [1.54, 1.807) is 18.3 Å². The average molecular weight is 439 g/mol. The molecule has 0 atom stereocenters. The third kappa shape index (κ3) is 5.19. The fourth-order valence-corrected chi connectivity index (χ4v) is 3.11. The van der Waals surface area contributed by atoms with Crippen LogP contribution in [0.2, 0.25) is 0 Å². The topological polar surface area (TPSA) is 133 Å². The van der Waals surface area contributed by atoms with Crippen LogP contribution >= 0.6 is 0 Å². The number of aromatic nitrogens is 4. The van der Waals surface area contributed by atoms with Gasteiger partial charge in [-0.3, -0.25) is 9.78 Å². The number of hydrogen-bond donors (Lipinski definition) is 2. The van der Waals surface area contributed by atoms with Gasteiger partial charge in [0.25, 0.3) is 5.56 Å². The quantitative estimate of drug-likeness (QED) is 0.311. The van der Waals surface area contributed by atoms with E-state index in [0.29, 0.717) is 23.0 Å². The molecule has 9 heteroatoms. The number of benzene rings is 2. The lowest BCUT2D eigenvalue weighted by Crippen LogP contribution is -2.16. The largest absolute Gasteiger partial charge is 0.421 e. The minimum absolute atomic E-state index is 0.0507. The SMILES string of the molecule is CCCCc1nnc(-c2ccc(C=NNc3nc(-c4ccccc4)c(C#N)c(=O)[nH]3)cc2)o1. The Morgan fingerprint density at radius 2 is 1.91 bits per heavy atom. The second kappa shape index (κ2) is 10.2. The number of H-pyrrole nitrogens is 1. The summed E-state index contributed by atoms with van der Waals surface area (Å²) in [6.45, 7) is 2.11. The maximum Gasteiger partial charge on any atom is 0.270 e. The second-order valence-electron chi connectivity index (χ2n) is 7.21. The van der Waals surface area contributed by atoms with E-state index in [9.17, 15) is 10.1 Å². The first-order chi connectivity index (χ1) is 16.2. The van der Waals surface area contributed by atoms with Crippen molar-refractivity contribution in [3.05, 3.63) is 82.0 Å². The molecule has 0 spiro atoms. The van der Waals surface area contributed by atoms with Crippen LogP contribution in [0.25, 0.3) is 22.7 Å². The van der Waals surface area contributed by atoms with Crippen molar-refractivity contribution >= 4 is 12.2 Å². The van der Waals surface area contributed by atoms with Crippen molar-refractivity contribution < 1.29 is 4.42 Å². The summed E-state index contributed by atoms with van der Waals surface area (Å²) in [6.07, 6.45) is 4.44. The van der Waals surface area contributed by atoms with Gasteiger partial charge in [0.15, 0.2) is 0 Å². The van der Waals surface area contributed by atoms with Crippen molar-refractivity contribution in [1.82, 2.24) is 20.2 Å². The van der Waals surface area contributed by atoms with E-state index in [4.69, 9.17) is 4.42 Å². The Hall–Kier alpha value is -4.58. The van der Waals surface area contributed by atoms with Crippen LogP contribution < -0.4 is 11.0 Å². The lowest BCUT2D eigenvalue weighted by atomic mass is 10.1. The Kier molecular flexibility index (Phi) is 6.66. The molecule has 164 valence electrons. The molecule has 0 saturated carbocycles. The van der Waals surface area contributed by atoms with Crippen LogP contribution in [0.4, 0.5) is 5.95 Å². The number of rotatable bonds is 8. The van der Waals surface area contributed by atoms with Gasteiger partial charge in [-0.15, -0.1) is 10.2 Å². The first-order valence-corrected chi connectivity index (χ1v) is 10.5. The van der Waals surface area contributed by atoms with E-state index in [2.05, 4.69) is 37.6 Å². The molecule has 9 nitrogen and oxygen atoms in total. The summed E-state index contributed by atoms with van der Waals surface area (Å²) >= 11 is 0. The van der Waals surface area contributed by atoms with Gasteiger partial charge in [0.05, 0.1) is 11.9 Å². The standard InChI is InChI=1S/C24H21N7O2/c1-2-3-9-20-29-30-23(33-20)18-12-10-16(11-13-18)15-26-31-24-27-21(17-7-5-4-6-8-17)19(14-25)22(32)28-24/h4-8,10-13,15H,2-3,9H2,1H3,(H2,27,28,31,32). The lowest BCUT2D eigenvalue weighted by molar-refractivity contribution is 0.496. The number of nitrogens with zero attached hydrogens (tertiary/aromatic N) is 5. The number of nitriles is 1. The molecule has 2 aromatic carbocycles. The van der Waals surface area contributed by atoms with E-state index in [-0.39, 0.29) is 11.5 Å². The predicted octanol–water partition coefficient (Wildman–Crippen LogP) is 4.15. The van der Waals surface area contributed by atoms with Gasteiger partial charge in [0.1, 0.15) is 11.6 Å². The van der Waals surface area contributed by atoms with E-state index in [0.717, 1.165) is 30.4 Å². The van der Waals surface area contributed by atoms with E-state index in [1.165, 1.54) is 0 Å². The molecular weight excluding hydrogens is 418 g/mol. The fourth-order valence-electron chi connectivity index (χ4n) is 3.11. The number of aromatic amines is 1. The van der Waals surface area contributed by atoms with Crippen molar-refractivity contribution in [2.45, 2.75) is 26.2 Å². The Labute approximate surface area is 189 Å². The Morgan fingerprint density at radius 1 is 1.12 bits per heavy atom. The summed E-state index contributed by atoms with van der Waals surface area (Å²) in [4.78, 5) is 19.2. The van der Waals surface area contributed by atoms with Crippen LogP contribution in [0, 0.1) is 11.3 Å². The zero-order chi connectivity index (χ0) is 23.0. The highest BCUT2D eigenvalue weighted by molar-refractivity contribution is 5.81. The second-order valence-corrected chi connectivity index (χ2v) is 7.21. The number of aryl methyl sites for hydroxylation is 1. The van der Waals surface area contributed by atoms with Crippen LogP contribution in [-0.2, 0) is 6.42 Å². The maximum atomic E-state index is 12.3. The smallest absolute Gasteiger partial charge is 0.270 e. The molecule has 0 saturated heterocycles. The summed E-state index contributed by atoms with van der Waals surface area (Å²) in [7, 11) is 0. The van der Waals surface area contributed by atoms with Gasteiger partial charge in [-0.1, -0.05) is 55.8 Å². The Bertz CT molecular complexity index is 1350. The molecule has 0 unspecified atom stereocenters. The number of nitrogens with one attached hydrogen (secondary N) is 2. The number of hydrogen-bond acceptors (Lipinski definition) is 8. The molecule has 0 fully saturated rings. The lowest BCUT2D eigenvalue weighted by Gasteiger charge is -2.06. The summed E-state index contributed by atoms with van der Waals surface area (Å²) in [5.74, 6) is 1.26. The van der Waals surface area contributed by atoms with Crippen LogP contribution in [0.1, 0.15) is 36.8 Å². The van der Waals surface area contributed by atoms with Crippen molar-refractivity contribution in [2.75, 3.05) is 5.43 Å². The highest BCUT2D eigenvalue weighted by Crippen LogP contribution is 2.20. The molecule has 0 radical (unpaired) electrons. The van der Waals surface area contributed by atoms with Gasteiger partial charge in [0.2, 0.25) is 17.7 Å². The molecule has 0 aliphatic rings. The summed E-state index contributed by atoms with van der Waals surface area (Å²) < 4.78 is 5.70. The monoisotopic (exact) mass is 439 g/mol. The number of anilines is 1. The Balaban J connectivity index is 1.47. The van der Waals surface area contributed by atoms with Crippen molar-refractivity contribution in [2.24, 2.45) is 5.10 Å². The van der Waals surface area contributed by atoms with Crippen molar-refractivity contribution in [3.8, 4) is 28.8 Å². The molecule has 33 heavy (non-hydrogen) atoms. The van der Waals surface area contributed by atoms with Crippen molar-refractivity contribution in [1.29, 1.82) is 5.26 Å². The minimum atomic E-state index is -0.536. The van der Waals surface area contributed by atoms with E-state index < -0.39 is 5.56 Å². The molecule has 0 amide bonds. The van der Waals surface area contributed by atoms with Crippen LogP contribution in [-0.4, -0.2) is 26.4 Å². The van der Waals surface area contributed by atoms with Gasteiger partial charge in [-0.25, -0.2) is 10.4 Å². The van der Waals surface area contributed by atoms with Crippen molar-refractivity contribution in [3.63, 3.8) is 0 Å². The van der Waals surface area contributed by atoms with Gasteiger partial charge in [0, 0.05) is 17.5 Å². The molecule has 0 aliphatic heterocycles. The first kappa shape index (κ1) is 21.6. The molecule has 4 aromatic rings. The summed E-state index contributed by atoms with van der Waals surface area (Å²) in [5, 5.41) is 21.7. The van der Waals surface area contributed by atoms with Gasteiger partial charge in [-0.2, -0.15) is 10.4 Å². The predicted molar refractivity (Wildman–Crippen MR) is 125 cm³/mol. The number of unbranched alkanes of at least 4 members (excludes halogenated alkanes) is 1. The van der Waals surface area contributed by atoms with E-state index in [1.807, 2.05) is 48.5 Å². The van der Waals surface area contributed by atoms with Gasteiger partial charge < -0.3 is 4.42 Å².